The number of alkyl halides is 3. The SMILES string of the molecule is O=C(Nc1ccc(NC2CCN(C(=O)C3CCC(C(=O)O)CC3)C2)nc1)c1nc(-c2ccccc2)oc1C(F)(F)F. The molecule has 3 aromatic rings. The summed E-state index contributed by atoms with van der Waals surface area (Å²) < 4.78 is 45.6. The molecule has 2 fully saturated rings. The van der Waals surface area contributed by atoms with Crippen molar-refractivity contribution >= 4 is 29.3 Å². The van der Waals surface area contributed by atoms with Crippen LogP contribution < -0.4 is 10.6 Å². The summed E-state index contributed by atoms with van der Waals surface area (Å²) in [6, 6.07) is 11.0. The van der Waals surface area contributed by atoms with Crippen molar-refractivity contribution in [2.75, 3.05) is 23.7 Å². The Morgan fingerprint density at radius 3 is 2.32 bits per heavy atom. The van der Waals surface area contributed by atoms with E-state index in [1.54, 1.807) is 29.2 Å². The molecular formula is C28H28F3N5O5. The van der Waals surface area contributed by atoms with Crippen LogP contribution >= 0.6 is 0 Å². The molecule has 2 amide bonds. The minimum absolute atomic E-state index is 0.0469. The van der Waals surface area contributed by atoms with Crippen LogP contribution in [0, 0.1) is 11.8 Å². The number of benzene rings is 1. The van der Waals surface area contributed by atoms with Gasteiger partial charge in [-0.2, -0.15) is 13.2 Å². The Morgan fingerprint density at radius 1 is 0.976 bits per heavy atom. The molecule has 0 spiro atoms. The first kappa shape index (κ1) is 28.1. The smallest absolute Gasteiger partial charge is 0.452 e. The van der Waals surface area contributed by atoms with Crippen LogP contribution in [0.3, 0.4) is 0 Å². The third-order valence-corrected chi connectivity index (χ3v) is 7.42. The van der Waals surface area contributed by atoms with E-state index >= 15 is 0 Å². The van der Waals surface area contributed by atoms with Crippen molar-refractivity contribution in [3.05, 3.63) is 60.1 Å². The Hall–Kier alpha value is -4.42. The van der Waals surface area contributed by atoms with Crippen molar-refractivity contribution < 1.29 is 37.1 Å². The van der Waals surface area contributed by atoms with Crippen molar-refractivity contribution in [1.82, 2.24) is 14.9 Å². The highest BCUT2D eigenvalue weighted by atomic mass is 19.4. The van der Waals surface area contributed by atoms with E-state index in [9.17, 15) is 27.6 Å². The van der Waals surface area contributed by atoms with Gasteiger partial charge >= 0.3 is 12.1 Å². The summed E-state index contributed by atoms with van der Waals surface area (Å²) in [6.45, 7) is 1.06. The minimum Gasteiger partial charge on any atom is -0.481 e. The fraction of sp³-hybridized carbons (Fsp3) is 0.393. The molecule has 2 aliphatic rings. The van der Waals surface area contributed by atoms with Gasteiger partial charge in [0.2, 0.25) is 17.6 Å². The maximum atomic E-state index is 13.6. The molecule has 13 heteroatoms. The van der Waals surface area contributed by atoms with Crippen LogP contribution in [0.15, 0.2) is 53.1 Å². The van der Waals surface area contributed by atoms with Crippen LogP contribution in [0.2, 0.25) is 0 Å². The van der Waals surface area contributed by atoms with E-state index in [0.717, 1.165) is 0 Å². The van der Waals surface area contributed by atoms with Gasteiger partial charge in [-0.1, -0.05) is 18.2 Å². The number of oxazole rings is 1. The molecule has 0 radical (unpaired) electrons. The van der Waals surface area contributed by atoms with Crippen LogP contribution in [-0.4, -0.2) is 56.9 Å². The maximum absolute atomic E-state index is 13.6. The Balaban J connectivity index is 1.17. The summed E-state index contributed by atoms with van der Waals surface area (Å²) in [5.41, 5.74) is -0.421. The summed E-state index contributed by atoms with van der Waals surface area (Å²) in [5.74, 6) is -3.71. The lowest BCUT2D eigenvalue weighted by molar-refractivity contribution is -0.153. The molecule has 1 saturated heterocycles. The van der Waals surface area contributed by atoms with E-state index in [-0.39, 0.29) is 35.4 Å². The second kappa shape index (κ2) is 11.6. The summed E-state index contributed by atoms with van der Waals surface area (Å²) in [5, 5.41) is 14.8. The average molecular weight is 572 g/mol. The van der Waals surface area contributed by atoms with Gasteiger partial charge in [0, 0.05) is 30.6 Å². The van der Waals surface area contributed by atoms with E-state index in [0.29, 0.717) is 56.6 Å². The van der Waals surface area contributed by atoms with Crippen LogP contribution in [-0.2, 0) is 15.8 Å². The second-order valence-corrected chi connectivity index (χ2v) is 10.2. The number of aromatic nitrogens is 2. The minimum atomic E-state index is -4.92. The topological polar surface area (TPSA) is 138 Å². The van der Waals surface area contributed by atoms with Crippen molar-refractivity contribution in [1.29, 1.82) is 0 Å². The number of hydrogen-bond donors (Lipinski definition) is 3. The molecule has 5 rings (SSSR count). The normalized spacial score (nSPS) is 21.0. The van der Waals surface area contributed by atoms with Gasteiger partial charge in [-0.25, -0.2) is 9.97 Å². The fourth-order valence-corrected chi connectivity index (χ4v) is 5.25. The number of amides is 2. The number of pyridine rings is 1. The fourth-order valence-electron chi connectivity index (χ4n) is 5.25. The molecule has 216 valence electrons. The van der Waals surface area contributed by atoms with Gasteiger partial charge in [0.25, 0.3) is 5.91 Å². The highest BCUT2D eigenvalue weighted by Gasteiger charge is 2.42. The lowest BCUT2D eigenvalue weighted by Gasteiger charge is -2.29. The van der Waals surface area contributed by atoms with Crippen LogP contribution in [0.5, 0.6) is 0 Å². The summed E-state index contributed by atoms with van der Waals surface area (Å²) >= 11 is 0. The van der Waals surface area contributed by atoms with Crippen molar-refractivity contribution in [2.24, 2.45) is 11.8 Å². The molecule has 1 saturated carbocycles. The largest absolute Gasteiger partial charge is 0.481 e. The zero-order valence-corrected chi connectivity index (χ0v) is 21.9. The van der Waals surface area contributed by atoms with Gasteiger partial charge < -0.3 is 25.1 Å². The second-order valence-electron chi connectivity index (χ2n) is 10.2. The van der Waals surface area contributed by atoms with Crippen molar-refractivity contribution in [3.8, 4) is 11.5 Å². The molecule has 1 aliphatic heterocycles. The summed E-state index contributed by atoms with van der Waals surface area (Å²) in [4.78, 5) is 46.7. The molecule has 1 aliphatic carbocycles. The third-order valence-electron chi connectivity index (χ3n) is 7.42. The van der Waals surface area contributed by atoms with Crippen molar-refractivity contribution in [2.45, 2.75) is 44.3 Å². The number of anilines is 2. The van der Waals surface area contributed by atoms with Gasteiger partial charge in [0.1, 0.15) is 5.82 Å². The standard InChI is InChI=1S/C28H28F3N5O5/c29-28(30,31)23-22(35-25(41-23)16-4-2-1-3-5-16)24(37)34-19-10-11-21(32-14-19)33-20-12-13-36(15-20)26(38)17-6-8-18(9-7-17)27(39)40/h1-5,10-11,14,17-18,20H,6-9,12-13,15H2,(H,32,33)(H,34,37)(H,39,40). The molecule has 1 aromatic carbocycles. The maximum Gasteiger partial charge on any atom is 0.452 e. The molecule has 3 N–H and O–H groups in total. The van der Waals surface area contributed by atoms with Gasteiger partial charge in [-0.15, -0.1) is 0 Å². The first-order valence-corrected chi connectivity index (χ1v) is 13.3. The zero-order chi connectivity index (χ0) is 29.1. The monoisotopic (exact) mass is 571 g/mol. The number of carbonyl (C=O) groups excluding carboxylic acids is 2. The van der Waals surface area contributed by atoms with Crippen molar-refractivity contribution in [3.63, 3.8) is 0 Å². The number of likely N-dealkylation sites (tertiary alicyclic amines) is 1. The first-order chi connectivity index (χ1) is 19.6. The number of carbonyl (C=O) groups is 3. The quantitative estimate of drug-likeness (QED) is 0.364. The molecule has 41 heavy (non-hydrogen) atoms. The Bertz CT molecular complexity index is 1400. The third kappa shape index (κ3) is 6.50. The van der Waals surface area contributed by atoms with Gasteiger partial charge in [0.05, 0.1) is 17.8 Å². The highest BCUT2D eigenvalue weighted by Crippen LogP contribution is 2.36. The summed E-state index contributed by atoms with van der Waals surface area (Å²) in [7, 11) is 0. The number of carboxylic acid groups (broad SMARTS) is 1. The molecule has 3 heterocycles. The first-order valence-electron chi connectivity index (χ1n) is 13.3. The Morgan fingerprint density at radius 2 is 1.68 bits per heavy atom. The van der Waals surface area contributed by atoms with Gasteiger partial charge in [0.15, 0.2) is 5.69 Å². The van der Waals surface area contributed by atoms with Crippen LogP contribution in [0.4, 0.5) is 24.7 Å². The van der Waals surface area contributed by atoms with E-state index in [4.69, 9.17) is 9.52 Å². The number of halogens is 3. The lowest BCUT2D eigenvalue weighted by atomic mass is 9.81. The average Bonchev–Trinajstić information content (AvgIpc) is 3.62. The molecular weight excluding hydrogens is 543 g/mol. The van der Waals surface area contributed by atoms with E-state index in [1.165, 1.54) is 24.4 Å². The van der Waals surface area contributed by atoms with Crippen LogP contribution in [0.1, 0.15) is 48.4 Å². The van der Waals surface area contributed by atoms with Gasteiger partial charge in [-0.3, -0.25) is 14.4 Å². The van der Waals surface area contributed by atoms with E-state index in [2.05, 4.69) is 20.6 Å². The van der Waals surface area contributed by atoms with Crippen LogP contribution in [0.25, 0.3) is 11.5 Å². The number of nitrogens with zero attached hydrogens (tertiary/aromatic N) is 3. The molecule has 2 aromatic heterocycles. The van der Waals surface area contributed by atoms with E-state index in [1.807, 2.05) is 0 Å². The number of hydrogen-bond acceptors (Lipinski definition) is 7. The van der Waals surface area contributed by atoms with Gasteiger partial charge in [-0.05, 0) is 56.4 Å². The zero-order valence-electron chi connectivity index (χ0n) is 21.9. The lowest BCUT2D eigenvalue weighted by Crippen LogP contribution is -2.38. The number of aliphatic carboxylic acids is 1. The number of nitrogens with one attached hydrogen (secondary N) is 2. The predicted molar refractivity (Wildman–Crippen MR) is 141 cm³/mol. The molecule has 1 unspecified atom stereocenters. The predicted octanol–water partition coefficient (Wildman–Crippen LogP) is 4.91. The summed E-state index contributed by atoms with van der Waals surface area (Å²) in [6.07, 6.45) is -0.742. The Kier molecular flexibility index (Phi) is 7.95. The molecule has 10 nitrogen and oxygen atoms in total. The molecule has 1 atom stereocenters. The number of rotatable bonds is 7. The highest BCUT2D eigenvalue weighted by molar-refractivity contribution is 6.04. The number of carboxylic acids is 1. The Labute approximate surface area is 233 Å². The van der Waals surface area contributed by atoms with E-state index < -0.39 is 29.5 Å². The molecule has 0 bridgehead atoms.